The summed E-state index contributed by atoms with van der Waals surface area (Å²) >= 11 is 0. The Morgan fingerprint density at radius 1 is 0.931 bits per heavy atom. The van der Waals surface area contributed by atoms with Gasteiger partial charge in [0.1, 0.15) is 0 Å². The molecule has 156 valence electrons. The lowest BCUT2D eigenvalue weighted by atomic mass is 10.2. The number of piperazine rings is 1. The summed E-state index contributed by atoms with van der Waals surface area (Å²) in [4.78, 5) is 2.63. The summed E-state index contributed by atoms with van der Waals surface area (Å²) in [5.74, 6) is 1.56. The van der Waals surface area contributed by atoms with Crippen LogP contribution in [0.15, 0.2) is 47.4 Å². The second kappa shape index (κ2) is 8.71. The largest absolute Gasteiger partial charge is 0.454 e. The maximum absolute atomic E-state index is 13.0. The average Bonchev–Trinajstić information content (AvgIpc) is 3.21. The standard InChI is InChI=1S/C21H27N3O4S/c1-2-22-14-17-3-6-19(7-4-17)29(25,26)24-11-9-23(10-12-24)15-18-5-8-20-21(13-18)28-16-27-20/h3-8,13,22H,2,9-12,14-16H2,1H3. The monoisotopic (exact) mass is 417 g/mol. The van der Waals surface area contributed by atoms with Crippen molar-refractivity contribution in [3.8, 4) is 11.5 Å². The highest BCUT2D eigenvalue weighted by Crippen LogP contribution is 2.33. The second-order valence-electron chi connectivity index (χ2n) is 7.29. The summed E-state index contributed by atoms with van der Waals surface area (Å²) in [5.41, 5.74) is 2.22. The second-order valence-corrected chi connectivity index (χ2v) is 9.23. The van der Waals surface area contributed by atoms with Crippen molar-refractivity contribution in [3.63, 3.8) is 0 Å². The van der Waals surface area contributed by atoms with Crippen molar-refractivity contribution in [2.24, 2.45) is 0 Å². The first-order chi connectivity index (χ1) is 14.1. The van der Waals surface area contributed by atoms with Gasteiger partial charge in [0.25, 0.3) is 0 Å². The lowest BCUT2D eigenvalue weighted by Gasteiger charge is -2.34. The highest BCUT2D eigenvalue weighted by molar-refractivity contribution is 7.89. The van der Waals surface area contributed by atoms with Crippen molar-refractivity contribution < 1.29 is 17.9 Å². The number of nitrogens with one attached hydrogen (secondary N) is 1. The molecule has 0 amide bonds. The van der Waals surface area contributed by atoms with Crippen LogP contribution in [0.2, 0.25) is 0 Å². The van der Waals surface area contributed by atoms with Gasteiger partial charge in [-0.25, -0.2) is 8.42 Å². The topological polar surface area (TPSA) is 71.1 Å². The maximum Gasteiger partial charge on any atom is 0.243 e. The van der Waals surface area contributed by atoms with Gasteiger partial charge in [-0.05, 0) is 41.9 Å². The molecular weight excluding hydrogens is 390 g/mol. The minimum absolute atomic E-state index is 0.269. The van der Waals surface area contributed by atoms with Crippen LogP contribution in [0.1, 0.15) is 18.1 Å². The van der Waals surface area contributed by atoms with Gasteiger partial charge in [-0.1, -0.05) is 25.1 Å². The van der Waals surface area contributed by atoms with E-state index in [1.165, 1.54) is 0 Å². The van der Waals surface area contributed by atoms with E-state index in [0.717, 1.165) is 42.3 Å². The molecule has 2 aromatic carbocycles. The van der Waals surface area contributed by atoms with Crippen molar-refractivity contribution in [1.29, 1.82) is 0 Å². The van der Waals surface area contributed by atoms with Gasteiger partial charge in [0, 0.05) is 39.3 Å². The van der Waals surface area contributed by atoms with Crippen molar-refractivity contribution in [2.75, 3.05) is 39.5 Å². The van der Waals surface area contributed by atoms with E-state index in [4.69, 9.17) is 9.47 Å². The number of benzene rings is 2. The van der Waals surface area contributed by atoms with Crippen molar-refractivity contribution >= 4 is 10.0 Å². The van der Waals surface area contributed by atoms with E-state index in [1.54, 1.807) is 16.4 Å². The smallest absolute Gasteiger partial charge is 0.243 e. The number of sulfonamides is 1. The van der Waals surface area contributed by atoms with Crippen molar-refractivity contribution in [1.82, 2.24) is 14.5 Å². The van der Waals surface area contributed by atoms with Gasteiger partial charge in [-0.15, -0.1) is 0 Å². The fourth-order valence-electron chi connectivity index (χ4n) is 3.62. The Kier molecular flexibility index (Phi) is 6.05. The molecule has 0 bridgehead atoms. The predicted molar refractivity (Wildman–Crippen MR) is 110 cm³/mol. The Bertz CT molecular complexity index is 939. The molecule has 0 spiro atoms. The average molecular weight is 418 g/mol. The first kappa shape index (κ1) is 20.2. The van der Waals surface area contributed by atoms with Gasteiger partial charge < -0.3 is 14.8 Å². The molecule has 0 aliphatic carbocycles. The Hall–Kier alpha value is -2.13. The molecule has 1 N–H and O–H groups in total. The van der Waals surface area contributed by atoms with Crippen molar-refractivity contribution in [2.45, 2.75) is 24.9 Å². The molecular formula is C21H27N3O4S. The van der Waals surface area contributed by atoms with Gasteiger partial charge in [0.2, 0.25) is 16.8 Å². The number of hydrogen-bond donors (Lipinski definition) is 1. The van der Waals surface area contributed by atoms with Gasteiger partial charge >= 0.3 is 0 Å². The number of ether oxygens (including phenoxy) is 2. The normalized spacial score (nSPS) is 17.6. The van der Waals surface area contributed by atoms with E-state index in [9.17, 15) is 8.42 Å². The van der Waals surface area contributed by atoms with Crippen LogP contribution in [0.25, 0.3) is 0 Å². The zero-order valence-corrected chi connectivity index (χ0v) is 17.5. The van der Waals surface area contributed by atoms with E-state index in [0.29, 0.717) is 31.1 Å². The van der Waals surface area contributed by atoms with Crippen LogP contribution in [-0.2, 0) is 23.1 Å². The molecule has 0 unspecified atom stereocenters. The molecule has 8 heteroatoms. The summed E-state index contributed by atoms with van der Waals surface area (Å²) in [5, 5.41) is 3.24. The Labute approximate surface area is 172 Å². The van der Waals surface area contributed by atoms with E-state index >= 15 is 0 Å². The van der Waals surface area contributed by atoms with E-state index in [2.05, 4.69) is 10.2 Å². The molecule has 29 heavy (non-hydrogen) atoms. The van der Waals surface area contributed by atoms with Crippen LogP contribution >= 0.6 is 0 Å². The Balaban J connectivity index is 1.34. The third-order valence-electron chi connectivity index (χ3n) is 5.31. The van der Waals surface area contributed by atoms with Gasteiger partial charge in [-0.3, -0.25) is 4.90 Å². The van der Waals surface area contributed by atoms with Gasteiger partial charge in [0.05, 0.1) is 4.90 Å². The molecule has 0 saturated carbocycles. The van der Waals surface area contributed by atoms with Crippen LogP contribution < -0.4 is 14.8 Å². The zero-order valence-electron chi connectivity index (χ0n) is 16.6. The maximum atomic E-state index is 13.0. The van der Waals surface area contributed by atoms with Crippen LogP contribution in [0, 0.1) is 0 Å². The van der Waals surface area contributed by atoms with Crippen LogP contribution in [0.4, 0.5) is 0 Å². The molecule has 2 aliphatic rings. The van der Waals surface area contributed by atoms with Gasteiger partial charge in [0.15, 0.2) is 11.5 Å². The number of rotatable bonds is 7. The highest BCUT2D eigenvalue weighted by Gasteiger charge is 2.28. The lowest BCUT2D eigenvalue weighted by molar-refractivity contribution is 0.173. The third-order valence-corrected chi connectivity index (χ3v) is 7.23. The van der Waals surface area contributed by atoms with Crippen LogP contribution in [0.5, 0.6) is 11.5 Å². The molecule has 2 aromatic rings. The minimum Gasteiger partial charge on any atom is -0.454 e. The molecule has 2 aliphatic heterocycles. The number of nitrogens with zero attached hydrogens (tertiary/aromatic N) is 2. The van der Waals surface area contributed by atoms with Crippen LogP contribution in [-0.4, -0.2) is 57.1 Å². The molecule has 0 aromatic heterocycles. The van der Waals surface area contributed by atoms with E-state index in [1.807, 2.05) is 37.3 Å². The number of fused-ring (bicyclic) bond motifs is 1. The summed E-state index contributed by atoms with van der Waals surface area (Å²) in [6.07, 6.45) is 0. The van der Waals surface area contributed by atoms with E-state index in [-0.39, 0.29) is 6.79 Å². The summed E-state index contributed by atoms with van der Waals surface area (Å²) < 4.78 is 38.3. The zero-order chi connectivity index (χ0) is 20.3. The minimum atomic E-state index is -3.45. The lowest BCUT2D eigenvalue weighted by Crippen LogP contribution is -2.48. The fraction of sp³-hybridized carbons (Fsp3) is 0.429. The molecule has 0 atom stereocenters. The molecule has 1 fully saturated rings. The molecule has 2 heterocycles. The third kappa shape index (κ3) is 4.56. The fourth-order valence-corrected chi connectivity index (χ4v) is 5.05. The summed E-state index contributed by atoms with van der Waals surface area (Å²) in [6.45, 7) is 7.10. The SMILES string of the molecule is CCNCc1ccc(S(=O)(=O)N2CCN(Cc3ccc4c(c3)OCO4)CC2)cc1. The summed E-state index contributed by atoms with van der Waals surface area (Å²) in [6, 6.07) is 13.1. The molecule has 1 saturated heterocycles. The Morgan fingerprint density at radius 3 is 2.34 bits per heavy atom. The van der Waals surface area contributed by atoms with Crippen molar-refractivity contribution in [3.05, 3.63) is 53.6 Å². The Morgan fingerprint density at radius 2 is 1.62 bits per heavy atom. The quantitative estimate of drug-likeness (QED) is 0.743. The van der Waals surface area contributed by atoms with Gasteiger partial charge in [-0.2, -0.15) is 4.31 Å². The molecule has 4 rings (SSSR count). The molecule has 7 nitrogen and oxygen atoms in total. The number of hydrogen-bond acceptors (Lipinski definition) is 6. The first-order valence-electron chi connectivity index (χ1n) is 9.97. The predicted octanol–water partition coefficient (Wildman–Crippen LogP) is 2.03. The van der Waals surface area contributed by atoms with E-state index < -0.39 is 10.0 Å². The molecule has 0 radical (unpaired) electrons. The van der Waals surface area contributed by atoms with Crippen LogP contribution in [0.3, 0.4) is 0 Å². The highest BCUT2D eigenvalue weighted by atomic mass is 32.2. The summed E-state index contributed by atoms with van der Waals surface area (Å²) in [7, 11) is -3.45. The first-order valence-corrected chi connectivity index (χ1v) is 11.4.